The van der Waals surface area contributed by atoms with Crippen LogP contribution in [-0.2, 0) is 11.3 Å². The SMILES string of the molecule is CSCCOCc1cccc(Br)c1. The summed E-state index contributed by atoms with van der Waals surface area (Å²) in [7, 11) is 0. The van der Waals surface area contributed by atoms with Gasteiger partial charge in [0.2, 0.25) is 0 Å². The molecule has 1 nitrogen and oxygen atoms in total. The highest BCUT2D eigenvalue weighted by molar-refractivity contribution is 9.10. The van der Waals surface area contributed by atoms with Crippen molar-refractivity contribution in [1.82, 2.24) is 0 Å². The third kappa shape index (κ3) is 4.69. The Labute approximate surface area is 92.0 Å². The van der Waals surface area contributed by atoms with Crippen LogP contribution in [0.1, 0.15) is 5.56 Å². The molecule has 3 heteroatoms. The molecule has 0 aliphatic rings. The Morgan fingerprint density at radius 1 is 1.46 bits per heavy atom. The van der Waals surface area contributed by atoms with Gasteiger partial charge in [-0.25, -0.2) is 0 Å². The molecule has 0 spiro atoms. The van der Waals surface area contributed by atoms with E-state index >= 15 is 0 Å². The lowest BCUT2D eigenvalue weighted by Gasteiger charge is -2.03. The molecule has 0 heterocycles. The van der Waals surface area contributed by atoms with E-state index in [9.17, 15) is 0 Å². The van der Waals surface area contributed by atoms with Gasteiger partial charge in [-0.3, -0.25) is 0 Å². The normalized spacial score (nSPS) is 10.3. The average molecular weight is 261 g/mol. The maximum atomic E-state index is 5.47. The van der Waals surface area contributed by atoms with E-state index < -0.39 is 0 Å². The van der Waals surface area contributed by atoms with Crippen molar-refractivity contribution < 1.29 is 4.74 Å². The highest BCUT2D eigenvalue weighted by atomic mass is 79.9. The highest BCUT2D eigenvalue weighted by Crippen LogP contribution is 2.12. The summed E-state index contributed by atoms with van der Waals surface area (Å²) >= 11 is 5.23. The Bertz CT molecular complexity index is 252. The van der Waals surface area contributed by atoms with E-state index in [0.29, 0.717) is 6.61 Å². The molecule has 72 valence electrons. The smallest absolute Gasteiger partial charge is 0.0717 e. The van der Waals surface area contributed by atoms with Crippen LogP contribution in [0.2, 0.25) is 0 Å². The lowest BCUT2D eigenvalue weighted by atomic mass is 10.2. The highest BCUT2D eigenvalue weighted by Gasteiger charge is 1.93. The van der Waals surface area contributed by atoms with Gasteiger partial charge in [-0.1, -0.05) is 28.1 Å². The van der Waals surface area contributed by atoms with Crippen molar-refractivity contribution in [2.45, 2.75) is 6.61 Å². The molecule has 0 radical (unpaired) electrons. The van der Waals surface area contributed by atoms with E-state index in [4.69, 9.17) is 4.74 Å². The summed E-state index contributed by atoms with van der Waals surface area (Å²) in [6.45, 7) is 1.54. The topological polar surface area (TPSA) is 9.23 Å². The van der Waals surface area contributed by atoms with Gasteiger partial charge < -0.3 is 4.74 Å². The van der Waals surface area contributed by atoms with Crippen molar-refractivity contribution >= 4 is 27.7 Å². The van der Waals surface area contributed by atoms with Gasteiger partial charge in [-0.15, -0.1) is 0 Å². The third-order valence-electron chi connectivity index (χ3n) is 1.59. The second kappa shape index (κ2) is 6.46. The van der Waals surface area contributed by atoms with Crippen molar-refractivity contribution in [2.75, 3.05) is 18.6 Å². The van der Waals surface area contributed by atoms with Gasteiger partial charge in [0.05, 0.1) is 13.2 Å². The van der Waals surface area contributed by atoms with Crippen molar-refractivity contribution in [3.05, 3.63) is 34.3 Å². The van der Waals surface area contributed by atoms with Crippen LogP contribution in [0.3, 0.4) is 0 Å². The molecule has 1 aromatic carbocycles. The monoisotopic (exact) mass is 260 g/mol. The Morgan fingerprint density at radius 2 is 2.31 bits per heavy atom. The van der Waals surface area contributed by atoms with E-state index in [-0.39, 0.29) is 0 Å². The fraction of sp³-hybridized carbons (Fsp3) is 0.400. The molecule has 13 heavy (non-hydrogen) atoms. The molecule has 0 aromatic heterocycles. The molecule has 0 atom stereocenters. The Kier molecular flexibility index (Phi) is 5.51. The second-order valence-corrected chi connectivity index (χ2v) is 4.58. The van der Waals surface area contributed by atoms with Crippen molar-refractivity contribution in [3.8, 4) is 0 Å². The zero-order valence-corrected chi connectivity index (χ0v) is 10.0. The second-order valence-electron chi connectivity index (χ2n) is 2.68. The molecule has 0 saturated heterocycles. The fourth-order valence-corrected chi connectivity index (χ4v) is 1.69. The molecule has 0 saturated carbocycles. The fourth-order valence-electron chi connectivity index (χ4n) is 0.959. The van der Waals surface area contributed by atoms with Crippen LogP contribution >= 0.6 is 27.7 Å². The summed E-state index contributed by atoms with van der Waals surface area (Å²) in [5.41, 5.74) is 1.22. The summed E-state index contributed by atoms with van der Waals surface area (Å²) < 4.78 is 6.58. The van der Waals surface area contributed by atoms with Crippen LogP contribution in [0.15, 0.2) is 28.7 Å². The first-order valence-electron chi connectivity index (χ1n) is 4.14. The van der Waals surface area contributed by atoms with E-state index in [1.54, 1.807) is 11.8 Å². The van der Waals surface area contributed by atoms with Crippen LogP contribution in [0.5, 0.6) is 0 Å². The van der Waals surface area contributed by atoms with E-state index in [0.717, 1.165) is 16.8 Å². The Balaban J connectivity index is 2.28. The van der Waals surface area contributed by atoms with Crippen LogP contribution in [0.4, 0.5) is 0 Å². The van der Waals surface area contributed by atoms with Gasteiger partial charge in [0.25, 0.3) is 0 Å². The number of thioether (sulfide) groups is 1. The van der Waals surface area contributed by atoms with E-state index in [1.807, 2.05) is 12.1 Å². The van der Waals surface area contributed by atoms with Crippen LogP contribution in [-0.4, -0.2) is 18.6 Å². The zero-order valence-electron chi connectivity index (χ0n) is 7.63. The maximum Gasteiger partial charge on any atom is 0.0717 e. The van der Waals surface area contributed by atoms with Crippen molar-refractivity contribution in [1.29, 1.82) is 0 Å². The molecule has 1 rings (SSSR count). The first-order valence-corrected chi connectivity index (χ1v) is 6.33. The Morgan fingerprint density at radius 3 is 3.00 bits per heavy atom. The largest absolute Gasteiger partial charge is 0.376 e. The van der Waals surface area contributed by atoms with Gasteiger partial charge in [-0.2, -0.15) is 11.8 Å². The van der Waals surface area contributed by atoms with Gasteiger partial charge in [-0.05, 0) is 24.0 Å². The molecule has 0 N–H and O–H groups in total. The minimum absolute atomic E-state index is 0.708. The zero-order chi connectivity index (χ0) is 9.52. The predicted octanol–water partition coefficient (Wildman–Crippen LogP) is 3.33. The third-order valence-corrected chi connectivity index (χ3v) is 2.66. The Hall–Kier alpha value is 0.01000. The number of hydrogen-bond donors (Lipinski definition) is 0. The average Bonchev–Trinajstić information content (AvgIpc) is 2.13. The van der Waals surface area contributed by atoms with Gasteiger partial charge in [0, 0.05) is 10.2 Å². The summed E-state index contributed by atoms with van der Waals surface area (Å²) in [5.74, 6) is 1.06. The predicted molar refractivity (Wildman–Crippen MR) is 62.2 cm³/mol. The van der Waals surface area contributed by atoms with Gasteiger partial charge in [0.15, 0.2) is 0 Å². The van der Waals surface area contributed by atoms with Crippen LogP contribution in [0.25, 0.3) is 0 Å². The molecule has 1 aromatic rings. The minimum atomic E-state index is 0.708. The van der Waals surface area contributed by atoms with Crippen LogP contribution in [0, 0.1) is 0 Å². The summed E-state index contributed by atoms with van der Waals surface area (Å²) in [6.07, 6.45) is 2.09. The number of halogens is 1. The molecule has 0 bridgehead atoms. The molecule has 0 amide bonds. The van der Waals surface area contributed by atoms with Gasteiger partial charge >= 0.3 is 0 Å². The van der Waals surface area contributed by atoms with E-state index in [1.165, 1.54) is 5.56 Å². The van der Waals surface area contributed by atoms with E-state index in [2.05, 4.69) is 34.3 Å². The van der Waals surface area contributed by atoms with Crippen molar-refractivity contribution in [2.24, 2.45) is 0 Å². The summed E-state index contributed by atoms with van der Waals surface area (Å²) in [5, 5.41) is 0. The number of benzene rings is 1. The first-order chi connectivity index (χ1) is 6.33. The number of rotatable bonds is 5. The number of ether oxygens (including phenoxy) is 1. The quantitative estimate of drug-likeness (QED) is 0.752. The summed E-state index contributed by atoms with van der Waals surface area (Å²) in [6, 6.07) is 8.20. The minimum Gasteiger partial charge on any atom is -0.376 e. The van der Waals surface area contributed by atoms with Crippen LogP contribution < -0.4 is 0 Å². The van der Waals surface area contributed by atoms with Crippen molar-refractivity contribution in [3.63, 3.8) is 0 Å². The molecule has 0 unspecified atom stereocenters. The maximum absolute atomic E-state index is 5.47. The molecule has 0 aliphatic heterocycles. The lowest BCUT2D eigenvalue weighted by molar-refractivity contribution is 0.136. The van der Waals surface area contributed by atoms with Gasteiger partial charge in [0.1, 0.15) is 0 Å². The lowest BCUT2D eigenvalue weighted by Crippen LogP contribution is -1.97. The standard InChI is InChI=1S/C10H13BrOS/c1-13-6-5-12-8-9-3-2-4-10(11)7-9/h2-4,7H,5-6,8H2,1H3. The summed E-state index contributed by atoms with van der Waals surface area (Å²) in [4.78, 5) is 0. The number of hydrogen-bond acceptors (Lipinski definition) is 2. The molecule has 0 aliphatic carbocycles. The molecular formula is C10H13BrOS. The first kappa shape index (κ1) is 11.1. The molecule has 0 fully saturated rings. The molecular weight excluding hydrogens is 248 g/mol.